The summed E-state index contributed by atoms with van der Waals surface area (Å²) in [6.45, 7) is 1.83. The molecule has 6 nitrogen and oxygen atoms in total. The second-order valence-corrected chi connectivity index (χ2v) is 7.06. The van der Waals surface area contributed by atoms with Gasteiger partial charge in [0.05, 0.1) is 11.9 Å². The maximum atomic E-state index is 12.6. The van der Waals surface area contributed by atoms with Gasteiger partial charge in [-0.25, -0.2) is 4.98 Å². The molecule has 0 aliphatic rings. The zero-order valence-corrected chi connectivity index (χ0v) is 16.9. The number of nitrogens with one attached hydrogen (secondary N) is 1. The van der Waals surface area contributed by atoms with Gasteiger partial charge < -0.3 is 5.32 Å². The lowest BCUT2D eigenvalue weighted by Gasteiger charge is -2.08. The first-order valence-electron chi connectivity index (χ1n) is 9.05. The molecular weight excluding hydrogens is 382 g/mol. The summed E-state index contributed by atoms with van der Waals surface area (Å²) in [5, 5.41) is 9.06. The highest BCUT2D eigenvalue weighted by molar-refractivity contribution is 7.80. The number of carbonyl (C=O) groups is 1. The normalized spacial score (nSPS) is 11.3. The predicted octanol–water partition coefficient (Wildman–Crippen LogP) is 4.90. The fraction of sp³-hybridized carbons (Fsp3) is 0.0909. The number of fused-ring (bicyclic) bond motifs is 1. The number of rotatable bonds is 4. The maximum Gasteiger partial charge on any atom is 0.256 e. The second-order valence-electron chi connectivity index (χ2n) is 6.58. The van der Waals surface area contributed by atoms with E-state index in [-0.39, 0.29) is 5.91 Å². The van der Waals surface area contributed by atoms with Crippen molar-refractivity contribution in [3.05, 3.63) is 66.6 Å². The van der Waals surface area contributed by atoms with Crippen molar-refractivity contribution in [2.24, 2.45) is 12.0 Å². The summed E-state index contributed by atoms with van der Waals surface area (Å²) in [5.74, 6) is 0.241. The summed E-state index contributed by atoms with van der Waals surface area (Å²) in [6.07, 6.45) is 7.23. The van der Waals surface area contributed by atoms with Crippen LogP contribution in [0.15, 0.2) is 70.9 Å². The summed E-state index contributed by atoms with van der Waals surface area (Å²) in [5.41, 5.74) is 3.31. The van der Waals surface area contributed by atoms with Crippen LogP contribution in [0.3, 0.4) is 0 Å². The Morgan fingerprint density at radius 2 is 1.97 bits per heavy atom. The first-order chi connectivity index (χ1) is 14.0. The van der Waals surface area contributed by atoms with Gasteiger partial charge in [-0.15, -0.1) is 12.6 Å². The van der Waals surface area contributed by atoms with E-state index in [1.807, 2.05) is 44.6 Å². The fourth-order valence-corrected chi connectivity index (χ4v) is 3.33. The lowest BCUT2D eigenvalue weighted by atomic mass is 10.1. The Labute approximate surface area is 173 Å². The Morgan fingerprint density at radius 1 is 1.10 bits per heavy atom. The zero-order chi connectivity index (χ0) is 20.4. The smallest absolute Gasteiger partial charge is 0.256 e. The van der Waals surface area contributed by atoms with Crippen LogP contribution < -0.4 is 5.32 Å². The molecule has 4 aromatic rings. The van der Waals surface area contributed by atoms with Crippen LogP contribution in [0.1, 0.15) is 17.3 Å². The Hall–Kier alpha value is -3.45. The monoisotopic (exact) mass is 401 g/mol. The zero-order valence-electron chi connectivity index (χ0n) is 16.0. The van der Waals surface area contributed by atoms with Crippen LogP contribution in [-0.4, -0.2) is 26.9 Å². The van der Waals surface area contributed by atoms with E-state index in [1.54, 1.807) is 35.3 Å². The van der Waals surface area contributed by atoms with Gasteiger partial charge in [-0.2, -0.15) is 5.10 Å². The molecule has 0 spiro atoms. The van der Waals surface area contributed by atoms with Crippen LogP contribution in [0.5, 0.6) is 0 Å². The molecule has 0 saturated carbocycles. The van der Waals surface area contributed by atoms with Crippen molar-refractivity contribution in [3.63, 3.8) is 0 Å². The number of thiol groups is 1. The van der Waals surface area contributed by atoms with Crippen molar-refractivity contribution in [1.82, 2.24) is 14.8 Å². The average Bonchev–Trinajstić information content (AvgIpc) is 3.15. The third-order valence-electron chi connectivity index (χ3n) is 4.51. The van der Waals surface area contributed by atoms with Crippen LogP contribution in [0.4, 0.5) is 11.5 Å². The summed E-state index contributed by atoms with van der Waals surface area (Å²) in [7, 11) is 1.89. The van der Waals surface area contributed by atoms with E-state index in [0.29, 0.717) is 16.3 Å². The SMILES string of the molecule is C/C=N\c1ccc(C(=O)Nc2cc3cc(-c4cnn(C)c4)ccc3cn2)cc1S. The molecule has 2 aromatic carbocycles. The molecule has 2 heterocycles. The minimum Gasteiger partial charge on any atom is -0.307 e. The number of aromatic nitrogens is 3. The average molecular weight is 401 g/mol. The van der Waals surface area contributed by atoms with E-state index in [9.17, 15) is 4.79 Å². The van der Waals surface area contributed by atoms with E-state index in [4.69, 9.17) is 0 Å². The largest absolute Gasteiger partial charge is 0.307 e. The molecule has 0 saturated heterocycles. The first-order valence-corrected chi connectivity index (χ1v) is 9.50. The van der Waals surface area contributed by atoms with E-state index in [1.165, 1.54) is 0 Å². The van der Waals surface area contributed by atoms with Gasteiger partial charge in [0, 0.05) is 47.1 Å². The van der Waals surface area contributed by atoms with E-state index in [2.05, 4.69) is 39.1 Å². The van der Waals surface area contributed by atoms with Gasteiger partial charge in [-0.05, 0) is 48.2 Å². The van der Waals surface area contributed by atoms with E-state index >= 15 is 0 Å². The fourth-order valence-electron chi connectivity index (χ4n) is 3.06. The number of carbonyl (C=O) groups excluding carboxylic acids is 1. The van der Waals surface area contributed by atoms with E-state index < -0.39 is 0 Å². The van der Waals surface area contributed by atoms with E-state index in [0.717, 1.165) is 27.6 Å². The lowest BCUT2D eigenvalue weighted by molar-refractivity contribution is 0.102. The molecule has 0 aliphatic carbocycles. The molecule has 4 rings (SSSR count). The van der Waals surface area contributed by atoms with Crippen molar-refractivity contribution in [2.75, 3.05) is 5.32 Å². The Balaban J connectivity index is 1.60. The van der Waals surface area contributed by atoms with Crippen LogP contribution in [-0.2, 0) is 7.05 Å². The predicted molar refractivity (Wildman–Crippen MR) is 119 cm³/mol. The van der Waals surface area contributed by atoms with Crippen LogP contribution >= 0.6 is 12.6 Å². The molecule has 0 atom stereocenters. The molecule has 144 valence electrons. The highest BCUT2D eigenvalue weighted by Gasteiger charge is 2.10. The molecule has 0 unspecified atom stereocenters. The number of aryl methyl sites for hydroxylation is 1. The standard InChI is InChI=1S/C22H19N5OS/c1-3-23-19-7-6-15(9-20(19)29)22(28)26-21-10-17-8-14(4-5-16(17)11-24-21)18-12-25-27(2)13-18/h3-13,29H,1-2H3,(H,24,26,28)/b23-3-. The number of benzene rings is 2. The number of hydrogen-bond donors (Lipinski definition) is 2. The highest BCUT2D eigenvalue weighted by Crippen LogP contribution is 2.26. The third kappa shape index (κ3) is 4.05. The lowest BCUT2D eigenvalue weighted by Crippen LogP contribution is -2.12. The molecule has 1 amide bonds. The highest BCUT2D eigenvalue weighted by atomic mass is 32.1. The summed E-state index contributed by atoms with van der Waals surface area (Å²) < 4.78 is 1.77. The number of anilines is 1. The molecular formula is C22H19N5OS. The second kappa shape index (κ2) is 7.89. The molecule has 7 heteroatoms. The summed E-state index contributed by atoms with van der Waals surface area (Å²) >= 11 is 4.40. The molecule has 1 N–H and O–H groups in total. The minimum absolute atomic E-state index is 0.248. The molecule has 0 aliphatic heterocycles. The Bertz CT molecular complexity index is 1250. The van der Waals surface area contributed by atoms with Crippen molar-refractivity contribution in [2.45, 2.75) is 11.8 Å². The topological polar surface area (TPSA) is 72.2 Å². The number of nitrogens with zero attached hydrogens (tertiary/aromatic N) is 4. The van der Waals surface area contributed by atoms with Gasteiger partial charge in [-0.3, -0.25) is 14.5 Å². The third-order valence-corrected chi connectivity index (χ3v) is 4.87. The first kappa shape index (κ1) is 18.9. The molecule has 0 bridgehead atoms. The van der Waals surface area contributed by atoms with Gasteiger partial charge in [-0.1, -0.05) is 12.1 Å². The molecule has 0 fully saturated rings. The van der Waals surface area contributed by atoms with Crippen LogP contribution in [0.25, 0.3) is 21.9 Å². The van der Waals surface area contributed by atoms with Gasteiger partial charge in [0.15, 0.2) is 0 Å². The minimum atomic E-state index is -0.248. The van der Waals surface area contributed by atoms with Gasteiger partial charge in [0.2, 0.25) is 0 Å². The summed E-state index contributed by atoms with van der Waals surface area (Å²) in [4.78, 5) is 21.8. The Kier molecular flexibility index (Phi) is 5.14. The quantitative estimate of drug-likeness (QED) is 0.377. The van der Waals surface area contributed by atoms with Gasteiger partial charge in [0.25, 0.3) is 5.91 Å². The van der Waals surface area contributed by atoms with Crippen molar-refractivity contribution >= 4 is 47.0 Å². The summed E-state index contributed by atoms with van der Waals surface area (Å²) in [6, 6.07) is 13.2. The molecule has 29 heavy (non-hydrogen) atoms. The van der Waals surface area contributed by atoms with Crippen LogP contribution in [0.2, 0.25) is 0 Å². The maximum absolute atomic E-state index is 12.6. The molecule has 2 aromatic heterocycles. The van der Waals surface area contributed by atoms with Gasteiger partial charge >= 0.3 is 0 Å². The van der Waals surface area contributed by atoms with Crippen molar-refractivity contribution in [1.29, 1.82) is 0 Å². The number of hydrogen-bond acceptors (Lipinski definition) is 5. The number of aliphatic imine (C=N–C) groups is 1. The van der Waals surface area contributed by atoms with Crippen LogP contribution in [0, 0.1) is 0 Å². The Morgan fingerprint density at radius 3 is 2.69 bits per heavy atom. The van der Waals surface area contributed by atoms with Gasteiger partial charge in [0.1, 0.15) is 5.82 Å². The molecule has 0 radical (unpaired) electrons. The van der Waals surface area contributed by atoms with Crippen molar-refractivity contribution in [3.8, 4) is 11.1 Å². The number of amides is 1. The van der Waals surface area contributed by atoms with Crippen molar-refractivity contribution < 1.29 is 4.79 Å². The number of pyridine rings is 1.